The highest BCUT2D eigenvalue weighted by molar-refractivity contribution is 5.75. The third-order valence-corrected chi connectivity index (χ3v) is 4.35. The lowest BCUT2D eigenvalue weighted by Gasteiger charge is -2.16. The van der Waals surface area contributed by atoms with E-state index < -0.39 is 0 Å². The Morgan fingerprint density at radius 1 is 1.24 bits per heavy atom. The summed E-state index contributed by atoms with van der Waals surface area (Å²) in [5, 5.41) is 0. The SMILES string of the molecule is C1=CCC2=C3CC(=CC4CC24C=C1)C=CC=N3. The summed E-state index contributed by atoms with van der Waals surface area (Å²) in [7, 11) is 0. The quantitative estimate of drug-likeness (QED) is 0.591. The summed E-state index contributed by atoms with van der Waals surface area (Å²) >= 11 is 0. The second-order valence-corrected chi connectivity index (χ2v) is 5.32. The van der Waals surface area contributed by atoms with Crippen molar-refractivity contribution in [2.75, 3.05) is 0 Å². The lowest BCUT2D eigenvalue weighted by atomic mass is 9.89. The summed E-state index contributed by atoms with van der Waals surface area (Å²) in [5.41, 5.74) is 4.61. The first-order valence-electron chi connectivity index (χ1n) is 6.37. The van der Waals surface area contributed by atoms with E-state index in [9.17, 15) is 0 Å². The fraction of sp³-hybridized carbons (Fsp3) is 0.312. The molecular formula is C16H15N. The van der Waals surface area contributed by atoms with E-state index in [-0.39, 0.29) is 0 Å². The molecule has 84 valence electrons. The number of allylic oxidation sites excluding steroid dienone is 9. The van der Waals surface area contributed by atoms with Gasteiger partial charge >= 0.3 is 0 Å². The Kier molecular flexibility index (Phi) is 1.77. The van der Waals surface area contributed by atoms with Crippen LogP contribution < -0.4 is 0 Å². The van der Waals surface area contributed by atoms with E-state index in [4.69, 9.17) is 0 Å². The van der Waals surface area contributed by atoms with Crippen molar-refractivity contribution in [1.82, 2.24) is 0 Å². The van der Waals surface area contributed by atoms with Gasteiger partial charge < -0.3 is 0 Å². The van der Waals surface area contributed by atoms with Crippen LogP contribution in [0.5, 0.6) is 0 Å². The van der Waals surface area contributed by atoms with Crippen LogP contribution >= 0.6 is 0 Å². The molecule has 2 unspecified atom stereocenters. The molecule has 1 spiro atoms. The van der Waals surface area contributed by atoms with E-state index in [0.717, 1.165) is 12.8 Å². The zero-order valence-electron chi connectivity index (χ0n) is 9.76. The van der Waals surface area contributed by atoms with Crippen molar-refractivity contribution in [1.29, 1.82) is 0 Å². The van der Waals surface area contributed by atoms with Crippen LogP contribution in [0.3, 0.4) is 0 Å². The zero-order chi connectivity index (χ0) is 11.3. The lowest BCUT2D eigenvalue weighted by Crippen LogP contribution is -2.05. The number of nitrogens with zero attached hydrogens (tertiary/aromatic N) is 1. The molecule has 0 N–H and O–H groups in total. The molecule has 1 heterocycles. The molecule has 17 heavy (non-hydrogen) atoms. The Balaban J connectivity index is 1.94. The molecule has 0 radical (unpaired) electrons. The highest BCUT2D eigenvalue weighted by Gasteiger charge is 2.55. The van der Waals surface area contributed by atoms with Crippen molar-refractivity contribution < 1.29 is 0 Å². The average Bonchev–Trinajstić information content (AvgIpc) is 3.06. The number of hydrogen-bond acceptors (Lipinski definition) is 1. The van der Waals surface area contributed by atoms with Crippen LogP contribution in [0.25, 0.3) is 0 Å². The van der Waals surface area contributed by atoms with E-state index in [2.05, 4.69) is 47.5 Å². The monoisotopic (exact) mass is 221 g/mol. The second kappa shape index (κ2) is 3.19. The first-order valence-corrected chi connectivity index (χ1v) is 6.37. The Hall–Kier alpha value is -1.63. The van der Waals surface area contributed by atoms with Crippen LogP contribution in [0.2, 0.25) is 0 Å². The molecule has 1 aliphatic heterocycles. The summed E-state index contributed by atoms with van der Waals surface area (Å²) in [4.78, 5) is 4.66. The fourth-order valence-corrected chi connectivity index (χ4v) is 3.38. The van der Waals surface area contributed by atoms with Crippen LogP contribution in [0.15, 0.2) is 64.4 Å². The van der Waals surface area contributed by atoms with Gasteiger partial charge in [-0.25, -0.2) is 0 Å². The Labute approximate surface area is 102 Å². The van der Waals surface area contributed by atoms with E-state index in [1.807, 2.05) is 6.21 Å². The maximum atomic E-state index is 4.66. The van der Waals surface area contributed by atoms with Crippen molar-refractivity contribution >= 4 is 6.21 Å². The van der Waals surface area contributed by atoms with Crippen molar-refractivity contribution in [2.45, 2.75) is 19.3 Å². The molecule has 0 saturated heterocycles. The van der Waals surface area contributed by atoms with Crippen molar-refractivity contribution in [2.24, 2.45) is 16.3 Å². The predicted octanol–water partition coefficient (Wildman–Crippen LogP) is 3.73. The van der Waals surface area contributed by atoms with Crippen molar-refractivity contribution in [3.8, 4) is 0 Å². The number of rotatable bonds is 0. The van der Waals surface area contributed by atoms with Crippen LogP contribution in [-0.4, -0.2) is 6.21 Å². The molecule has 0 aromatic heterocycles. The summed E-state index contributed by atoms with van der Waals surface area (Å²) < 4.78 is 0. The van der Waals surface area contributed by atoms with Gasteiger partial charge in [-0.1, -0.05) is 36.5 Å². The molecule has 1 heteroatoms. The Morgan fingerprint density at radius 3 is 3.24 bits per heavy atom. The van der Waals surface area contributed by atoms with Gasteiger partial charge in [-0.3, -0.25) is 4.99 Å². The normalized spacial score (nSPS) is 36.7. The third kappa shape index (κ3) is 1.28. The van der Waals surface area contributed by atoms with Gasteiger partial charge in [0.1, 0.15) is 0 Å². The van der Waals surface area contributed by atoms with Gasteiger partial charge in [0.25, 0.3) is 0 Å². The summed E-state index contributed by atoms with van der Waals surface area (Å²) in [5.74, 6) is 0.707. The predicted molar refractivity (Wildman–Crippen MR) is 70.8 cm³/mol. The standard InChI is InChI=1S/C16H15N/c1-2-6-14-15-10-12(5-4-8-17-15)9-13-11-16(13,14)7-3-1/h1-5,7-9,13H,6,10-11H2. The number of aliphatic imine (C=N–C) groups is 1. The third-order valence-electron chi connectivity index (χ3n) is 4.35. The van der Waals surface area contributed by atoms with Crippen molar-refractivity contribution in [3.05, 3.63) is 59.4 Å². The molecule has 1 nitrogen and oxygen atoms in total. The summed E-state index contributed by atoms with van der Waals surface area (Å²) in [6.45, 7) is 0. The largest absolute Gasteiger partial charge is 0.261 e. The number of fused-ring (bicyclic) bond motifs is 2. The van der Waals surface area contributed by atoms with Crippen LogP contribution in [-0.2, 0) is 0 Å². The topological polar surface area (TPSA) is 12.4 Å². The molecular weight excluding hydrogens is 206 g/mol. The van der Waals surface area contributed by atoms with E-state index in [1.165, 1.54) is 17.7 Å². The number of hydrogen-bond donors (Lipinski definition) is 0. The first-order chi connectivity index (χ1) is 8.38. The molecule has 1 fully saturated rings. The highest BCUT2D eigenvalue weighted by atomic mass is 14.8. The minimum absolute atomic E-state index is 0.309. The fourth-order valence-electron chi connectivity index (χ4n) is 3.38. The molecule has 0 amide bonds. The maximum Gasteiger partial charge on any atom is 0.0451 e. The molecule has 4 aliphatic rings. The summed E-state index contributed by atoms with van der Waals surface area (Å²) in [6.07, 6.45) is 21.1. The molecule has 3 aliphatic carbocycles. The van der Waals surface area contributed by atoms with Gasteiger partial charge in [0.15, 0.2) is 0 Å². The maximum absolute atomic E-state index is 4.66. The molecule has 1 saturated carbocycles. The Morgan fingerprint density at radius 2 is 2.24 bits per heavy atom. The van der Waals surface area contributed by atoms with Crippen LogP contribution in [0.1, 0.15) is 19.3 Å². The molecule has 2 bridgehead atoms. The van der Waals surface area contributed by atoms with Gasteiger partial charge in [0.2, 0.25) is 0 Å². The van der Waals surface area contributed by atoms with E-state index in [0.29, 0.717) is 11.3 Å². The molecule has 4 rings (SSSR count). The lowest BCUT2D eigenvalue weighted by molar-refractivity contribution is 0.704. The van der Waals surface area contributed by atoms with Gasteiger partial charge in [0.05, 0.1) is 0 Å². The average molecular weight is 221 g/mol. The van der Waals surface area contributed by atoms with Crippen LogP contribution in [0, 0.1) is 11.3 Å². The minimum atomic E-state index is 0.309. The van der Waals surface area contributed by atoms with Gasteiger partial charge in [-0.15, -0.1) is 0 Å². The minimum Gasteiger partial charge on any atom is -0.261 e. The van der Waals surface area contributed by atoms with Gasteiger partial charge in [-0.2, -0.15) is 0 Å². The first kappa shape index (κ1) is 9.41. The smallest absolute Gasteiger partial charge is 0.0451 e. The van der Waals surface area contributed by atoms with E-state index >= 15 is 0 Å². The van der Waals surface area contributed by atoms with E-state index in [1.54, 1.807) is 5.57 Å². The molecule has 0 aromatic rings. The van der Waals surface area contributed by atoms with Crippen molar-refractivity contribution in [3.63, 3.8) is 0 Å². The van der Waals surface area contributed by atoms with Gasteiger partial charge in [-0.05, 0) is 36.0 Å². The molecule has 2 atom stereocenters. The molecule has 0 aromatic carbocycles. The second-order valence-electron chi connectivity index (χ2n) is 5.32. The zero-order valence-corrected chi connectivity index (χ0v) is 9.76. The van der Waals surface area contributed by atoms with Crippen LogP contribution in [0.4, 0.5) is 0 Å². The Bertz CT molecular complexity index is 554. The van der Waals surface area contributed by atoms with Gasteiger partial charge in [0, 0.05) is 23.7 Å². The highest BCUT2D eigenvalue weighted by Crippen LogP contribution is 2.64. The summed E-state index contributed by atoms with van der Waals surface area (Å²) in [6, 6.07) is 0.